The standard InChI is InChI=1S/C17H16ClFN2O3/c1-21(17(22)13-7-10(18)9-20-16(13)23-2)14-5-6-24-15-8-11(19)3-4-12(14)15/h3-4,7-9,14H,5-6H2,1-2H3. The summed E-state index contributed by atoms with van der Waals surface area (Å²) in [5.41, 5.74) is 1.05. The van der Waals surface area contributed by atoms with Crippen molar-refractivity contribution in [3.8, 4) is 11.6 Å². The summed E-state index contributed by atoms with van der Waals surface area (Å²) in [5.74, 6) is 0.0258. The highest BCUT2D eigenvalue weighted by Gasteiger charge is 2.30. The Kier molecular flexibility index (Phi) is 4.57. The molecule has 7 heteroatoms. The van der Waals surface area contributed by atoms with Crippen molar-refractivity contribution in [3.05, 3.63) is 52.4 Å². The van der Waals surface area contributed by atoms with Crippen LogP contribution in [0.3, 0.4) is 0 Å². The Bertz CT molecular complexity index is 784. The van der Waals surface area contributed by atoms with Gasteiger partial charge in [-0.25, -0.2) is 9.37 Å². The lowest BCUT2D eigenvalue weighted by Gasteiger charge is -2.33. The highest BCUT2D eigenvalue weighted by Crippen LogP contribution is 2.37. The Hall–Kier alpha value is -2.34. The van der Waals surface area contributed by atoms with Crippen molar-refractivity contribution in [1.82, 2.24) is 9.88 Å². The summed E-state index contributed by atoms with van der Waals surface area (Å²) in [4.78, 5) is 18.5. The van der Waals surface area contributed by atoms with Gasteiger partial charge in [0.25, 0.3) is 5.91 Å². The molecule has 0 bridgehead atoms. The predicted octanol–water partition coefficient (Wildman–Crippen LogP) is 3.48. The lowest BCUT2D eigenvalue weighted by atomic mass is 9.98. The number of hydrogen-bond donors (Lipinski definition) is 0. The normalized spacial score (nSPS) is 16.1. The minimum Gasteiger partial charge on any atom is -0.493 e. The number of carbonyl (C=O) groups excluding carboxylic acids is 1. The van der Waals surface area contributed by atoms with Crippen LogP contribution in [0.4, 0.5) is 4.39 Å². The average Bonchev–Trinajstić information content (AvgIpc) is 2.59. The topological polar surface area (TPSA) is 51.7 Å². The first-order valence-corrected chi connectivity index (χ1v) is 7.78. The van der Waals surface area contributed by atoms with Crippen LogP contribution in [0.15, 0.2) is 30.5 Å². The maximum atomic E-state index is 13.4. The molecule has 0 radical (unpaired) electrons. The Balaban J connectivity index is 1.94. The van der Waals surface area contributed by atoms with Gasteiger partial charge in [-0.3, -0.25) is 4.79 Å². The van der Waals surface area contributed by atoms with Gasteiger partial charge in [0.05, 0.1) is 24.8 Å². The second-order valence-corrected chi connectivity index (χ2v) is 5.90. The van der Waals surface area contributed by atoms with Gasteiger partial charge < -0.3 is 14.4 Å². The second kappa shape index (κ2) is 6.65. The molecule has 24 heavy (non-hydrogen) atoms. The number of hydrogen-bond acceptors (Lipinski definition) is 4. The number of nitrogens with zero attached hydrogens (tertiary/aromatic N) is 2. The molecule has 1 amide bonds. The molecular formula is C17H16ClFN2O3. The summed E-state index contributed by atoms with van der Waals surface area (Å²) in [6.07, 6.45) is 2.03. The molecule has 5 nitrogen and oxygen atoms in total. The maximum absolute atomic E-state index is 13.4. The number of carbonyl (C=O) groups is 1. The second-order valence-electron chi connectivity index (χ2n) is 5.46. The molecular weight excluding hydrogens is 335 g/mol. The third-order valence-electron chi connectivity index (χ3n) is 4.01. The third-order valence-corrected chi connectivity index (χ3v) is 4.22. The molecule has 1 unspecified atom stereocenters. The van der Waals surface area contributed by atoms with Crippen LogP contribution in [0.1, 0.15) is 28.4 Å². The Labute approximate surface area is 144 Å². The zero-order valence-electron chi connectivity index (χ0n) is 13.3. The van der Waals surface area contributed by atoms with Crippen LogP contribution in [0.2, 0.25) is 5.02 Å². The molecule has 0 saturated heterocycles. The molecule has 0 fully saturated rings. The summed E-state index contributed by atoms with van der Waals surface area (Å²) in [6.45, 7) is 0.406. The van der Waals surface area contributed by atoms with Crippen LogP contribution < -0.4 is 9.47 Å². The summed E-state index contributed by atoms with van der Waals surface area (Å²) < 4.78 is 24.0. The maximum Gasteiger partial charge on any atom is 0.259 e. The molecule has 0 aliphatic carbocycles. The Morgan fingerprint density at radius 1 is 1.46 bits per heavy atom. The highest BCUT2D eigenvalue weighted by atomic mass is 35.5. The van der Waals surface area contributed by atoms with E-state index in [-0.39, 0.29) is 29.2 Å². The molecule has 0 N–H and O–H groups in total. The van der Waals surface area contributed by atoms with Gasteiger partial charge in [0.15, 0.2) is 0 Å². The molecule has 3 rings (SSSR count). The van der Waals surface area contributed by atoms with E-state index in [4.69, 9.17) is 21.1 Å². The van der Waals surface area contributed by atoms with Crippen molar-refractivity contribution in [2.24, 2.45) is 0 Å². The van der Waals surface area contributed by atoms with Gasteiger partial charge in [0, 0.05) is 31.3 Å². The van der Waals surface area contributed by atoms with Gasteiger partial charge in [-0.15, -0.1) is 0 Å². The first-order chi connectivity index (χ1) is 11.5. The van der Waals surface area contributed by atoms with E-state index in [1.165, 1.54) is 31.5 Å². The summed E-state index contributed by atoms with van der Waals surface area (Å²) in [7, 11) is 3.13. The van der Waals surface area contributed by atoms with Crippen molar-refractivity contribution in [1.29, 1.82) is 0 Å². The van der Waals surface area contributed by atoms with Crippen LogP contribution in [-0.4, -0.2) is 36.6 Å². The number of rotatable bonds is 3. The number of pyridine rings is 1. The van der Waals surface area contributed by atoms with Crippen LogP contribution in [-0.2, 0) is 0 Å². The van der Waals surface area contributed by atoms with Gasteiger partial charge in [-0.1, -0.05) is 17.7 Å². The molecule has 2 aromatic rings. The van der Waals surface area contributed by atoms with Crippen molar-refractivity contribution < 1.29 is 18.7 Å². The number of benzene rings is 1. The van der Waals surface area contributed by atoms with Gasteiger partial charge in [-0.05, 0) is 12.1 Å². The number of aromatic nitrogens is 1. The van der Waals surface area contributed by atoms with Gasteiger partial charge in [0.1, 0.15) is 17.1 Å². The van der Waals surface area contributed by atoms with E-state index in [0.717, 1.165) is 5.56 Å². The minimum absolute atomic E-state index is 0.211. The number of amides is 1. The van der Waals surface area contributed by atoms with Crippen molar-refractivity contribution in [2.45, 2.75) is 12.5 Å². The third kappa shape index (κ3) is 3.01. The first kappa shape index (κ1) is 16.5. The lowest BCUT2D eigenvalue weighted by molar-refractivity contribution is 0.0682. The van der Waals surface area contributed by atoms with E-state index in [0.29, 0.717) is 23.8 Å². The van der Waals surface area contributed by atoms with Crippen molar-refractivity contribution in [2.75, 3.05) is 20.8 Å². The van der Waals surface area contributed by atoms with Crippen molar-refractivity contribution >= 4 is 17.5 Å². The molecule has 1 aromatic carbocycles. The first-order valence-electron chi connectivity index (χ1n) is 7.40. The highest BCUT2D eigenvalue weighted by molar-refractivity contribution is 6.30. The number of halogens is 2. The summed E-state index contributed by atoms with van der Waals surface area (Å²) in [6, 6.07) is 5.63. The average molecular weight is 351 g/mol. The molecule has 1 atom stereocenters. The van der Waals surface area contributed by atoms with Crippen LogP contribution in [0, 0.1) is 5.82 Å². The van der Waals surface area contributed by atoms with Gasteiger partial charge in [-0.2, -0.15) is 0 Å². The van der Waals surface area contributed by atoms with E-state index in [2.05, 4.69) is 4.98 Å². The fourth-order valence-electron chi connectivity index (χ4n) is 2.82. The zero-order chi connectivity index (χ0) is 17.3. The largest absolute Gasteiger partial charge is 0.493 e. The fourth-order valence-corrected chi connectivity index (χ4v) is 2.98. The SMILES string of the molecule is COc1ncc(Cl)cc1C(=O)N(C)C1CCOc2cc(F)ccc21. The Morgan fingerprint density at radius 2 is 2.25 bits per heavy atom. The van der Waals surface area contributed by atoms with Crippen LogP contribution >= 0.6 is 11.6 Å². The Morgan fingerprint density at radius 3 is 3.00 bits per heavy atom. The summed E-state index contributed by atoms with van der Waals surface area (Å²) >= 11 is 5.96. The molecule has 1 aliphatic heterocycles. The number of ether oxygens (including phenoxy) is 2. The quantitative estimate of drug-likeness (QED) is 0.850. The van der Waals surface area contributed by atoms with Crippen LogP contribution in [0.25, 0.3) is 0 Å². The lowest BCUT2D eigenvalue weighted by Crippen LogP contribution is -2.34. The van der Waals surface area contributed by atoms with Crippen LogP contribution in [0.5, 0.6) is 11.6 Å². The minimum atomic E-state index is -0.371. The smallest absolute Gasteiger partial charge is 0.259 e. The molecule has 1 aliphatic rings. The number of methoxy groups -OCH3 is 1. The molecule has 1 aromatic heterocycles. The summed E-state index contributed by atoms with van der Waals surface area (Å²) in [5, 5.41) is 0.349. The van der Waals surface area contributed by atoms with E-state index < -0.39 is 0 Å². The molecule has 126 valence electrons. The van der Waals surface area contributed by atoms with Gasteiger partial charge in [0.2, 0.25) is 5.88 Å². The molecule has 2 heterocycles. The van der Waals surface area contributed by atoms with E-state index >= 15 is 0 Å². The monoisotopic (exact) mass is 350 g/mol. The van der Waals surface area contributed by atoms with E-state index in [1.807, 2.05) is 0 Å². The van der Waals surface area contributed by atoms with Gasteiger partial charge >= 0.3 is 0 Å². The predicted molar refractivity (Wildman–Crippen MR) is 87.1 cm³/mol. The van der Waals surface area contributed by atoms with Crippen molar-refractivity contribution in [3.63, 3.8) is 0 Å². The zero-order valence-corrected chi connectivity index (χ0v) is 14.0. The fraction of sp³-hybridized carbons (Fsp3) is 0.294. The van der Waals surface area contributed by atoms with E-state index in [9.17, 15) is 9.18 Å². The van der Waals surface area contributed by atoms with E-state index in [1.54, 1.807) is 18.0 Å². The molecule has 0 spiro atoms. The number of fused-ring (bicyclic) bond motifs is 1. The molecule has 0 saturated carbocycles.